The lowest BCUT2D eigenvalue weighted by atomic mass is 10.1. The zero-order valence-corrected chi connectivity index (χ0v) is 18.4. The number of aromatic nitrogens is 1. The Kier molecular flexibility index (Phi) is 10.6. The molecule has 0 fully saturated rings. The zero-order valence-electron chi connectivity index (χ0n) is 17.6. The van der Waals surface area contributed by atoms with Crippen LogP contribution in [0.3, 0.4) is 0 Å². The number of hydrogen-bond acceptors (Lipinski definition) is 4. The number of aldehydes is 1. The van der Waals surface area contributed by atoms with E-state index in [1.165, 1.54) is 5.57 Å². The molecule has 0 saturated heterocycles. The second-order valence-corrected chi connectivity index (χ2v) is 7.44. The van der Waals surface area contributed by atoms with Gasteiger partial charge in [-0.15, -0.1) is 11.3 Å². The molecule has 0 aliphatic heterocycles. The van der Waals surface area contributed by atoms with E-state index in [0.717, 1.165) is 54.2 Å². The highest BCUT2D eigenvalue weighted by Crippen LogP contribution is 2.22. The quantitative estimate of drug-likeness (QED) is 0.162. The van der Waals surface area contributed by atoms with Crippen molar-refractivity contribution in [2.75, 3.05) is 7.05 Å². The van der Waals surface area contributed by atoms with Crippen LogP contribution in [-0.2, 0) is 11.3 Å². The molecule has 1 rings (SSSR count). The molecule has 4 nitrogen and oxygen atoms in total. The Labute approximate surface area is 168 Å². The lowest BCUT2D eigenvalue weighted by Crippen LogP contribution is -2.24. The van der Waals surface area contributed by atoms with E-state index in [9.17, 15) is 4.79 Å². The molecular formula is C22H33N3OS. The van der Waals surface area contributed by atoms with Crippen molar-refractivity contribution in [3.8, 4) is 0 Å². The first-order chi connectivity index (χ1) is 13.0. The average Bonchev–Trinajstić information content (AvgIpc) is 3.12. The molecule has 0 aromatic carbocycles. The Hall–Kier alpha value is -2.01. The topological polar surface area (TPSA) is 45.6 Å². The first-order valence-electron chi connectivity index (χ1n) is 9.65. The van der Waals surface area contributed by atoms with E-state index in [1.54, 1.807) is 11.3 Å². The Balaban J connectivity index is 2.93. The minimum absolute atomic E-state index is 0.697. The van der Waals surface area contributed by atoms with Gasteiger partial charge in [0.05, 0.1) is 12.2 Å². The number of aliphatic imine (C=N–C) groups is 1. The molecule has 0 saturated carbocycles. The maximum atomic E-state index is 11.2. The van der Waals surface area contributed by atoms with Crippen LogP contribution in [0.1, 0.15) is 71.0 Å². The fourth-order valence-electron chi connectivity index (χ4n) is 2.53. The molecule has 0 amide bonds. The van der Waals surface area contributed by atoms with Crippen LogP contribution in [0, 0.1) is 0 Å². The number of amidine groups is 1. The summed E-state index contributed by atoms with van der Waals surface area (Å²) in [4.78, 5) is 22.8. The predicted molar refractivity (Wildman–Crippen MR) is 118 cm³/mol. The Morgan fingerprint density at radius 2 is 2.07 bits per heavy atom. The molecule has 0 N–H and O–H groups in total. The van der Waals surface area contributed by atoms with Crippen molar-refractivity contribution >= 4 is 29.0 Å². The summed E-state index contributed by atoms with van der Waals surface area (Å²) in [7, 11) is 2.01. The van der Waals surface area contributed by atoms with Crippen LogP contribution >= 0.6 is 11.3 Å². The van der Waals surface area contributed by atoms with Crippen molar-refractivity contribution in [1.29, 1.82) is 0 Å². The van der Waals surface area contributed by atoms with Crippen molar-refractivity contribution in [3.05, 3.63) is 45.6 Å². The highest BCUT2D eigenvalue weighted by molar-refractivity contribution is 7.10. The van der Waals surface area contributed by atoms with Gasteiger partial charge >= 0.3 is 0 Å². The monoisotopic (exact) mass is 387 g/mol. The molecule has 0 radical (unpaired) electrons. The van der Waals surface area contributed by atoms with Gasteiger partial charge in [0.25, 0.3) is 0 Å². The largest absolute Gasteiger partial charge is 0.357 e. The summed E-state index contributed by atoms with van der Waals surface area (Å²) in [6, 6.07) is 0. The van der Waals surface area contributed by atoms with Gasteiger partial charge in [0.15, 0.2) is 0 Å². The highest BCUT2D eigenvalue weighted by Gasteiger charge is 2.10. The molecule has 27 heavy (non-hydrogen) atoms. The fraction of sp³-hybridized carbons (Fsp3) is 0.500. The van der Waals surface area contributed by atoms with Gasteiger partial charge in [-0.1, -0.05) is 38.5 Å². The molecule has 0 unspecified atom stereocenters. The van der Waals surface area contributed by atoms with Crippen molar-refractivity contribution in [2.24, 2.45) is 4.99 Å². The van der Waals surface area contributed by atoms with Gasteiger partial charge in [0.1, 0.15) is 17.1 Å². The highest BCUT2D eigenvalue weighted by atomic mass is 32.1. The van der Waals surface area contributed by atoms with Gasteiger partial charge in [-0.2, -0.15) is 0 Å². The van der Waals surface area contributed by atoms with Crippen LogP contribution in [0.5, 0.6) is 0 Å². The second kappa shape index (κ2) is 12.4. The number of nitrogens with zero attached hydrogens (tertiary/aromatic N) is 3. The molecule has 0 aliphatic carbocycles. The molecule has 148 valence electrons. The lowest BCUT2D eigenvalue weighted by Gasteiger charge is -2.18. The van der Waals surface area contributed by atoms with Crippen molar-refractivity contribution in [2.45, 2.75) is 66.8 Å². The third-order valence-electron chi connectivity index (χ3n) is 4.22. The lowest BCUT2D eigenvalue weighted by molar-refractivity contribution is -0.104. The summed E-state index contributed by atoms with van der Waals surface area (Å²) >= 11 is 1.67. The molecule has 0 spiro atoms. The molecule has 5 heteroatoms. The van der Waals surface area contributed by atoms with Crippen LogP contribution in [-0.4, -0.2) is 29.1 Å². The number of allylic oxidation sites excluding steroid dienone is 6. The number of hydrogen-bond donors (Lipinski definition) is 0. The number of carbonyl (C=O) groups is 1. The van der Waals surface area contributed by atoms with Crippen LogP contribution in [0.15, 0.2) is 39.9 Å². The maximum Gasteiger partial charge on any atom is 0.147 e. The normalized spacial score (nSPS) is 13.9. The average molecular weight is 388 g/mol. The molecule has 1 aromatic rings. The second-order valence-electron chi connectivity index (χ2n) is 6.58. The molecule has 0 atom stereocenters. The van der Waals surface area contributed by atoms with E-state index < -0.39 is 0 Å². The Morgan fingerprint density at radius 1 is 1.33 bits per heavy atom. The molecule has 1 aromatic heterocycles. The van der Waals surface area contributed by atoms with Crippen LogP contribution in [0.4, 0.5) is 0 Å². The van der Waals surface area contributed by atoms with Crippen LogP contribution < -0.4 is 0 Å². The van der Waals surface area contributed by atoms with Gasteiger partial charge < -0.3 is 4.90 Å². The van der Waals surface area contributed by atoms with Gasteiger partial charge in [-0.05, 0) is 40.0 Å². The smallest absolute Gasteiger partial charge is 0.147 e. The molecule has 0 aliphatic rings. The van der Waals surface area contributed by atoms with E-state index in [2.05, 4.69) is 36.3 Å². The van der Waals surface area contributed by atoms with E-state index in [0.29, 0.717) is 12.1 Å². The van der Waals surface area contributed by atoms with E-state index in [4.69, 9.17) is 9.98 Å². The SMILES string of the molecule is C/C=C\C(=C/CC)c1nc(CN(C)C(C)=N/C(CCCC)=C(/C)C=O)cs1. The third kappa shape index (κ3) is 7.63. The first-order valence-corrected chi connectivity index (χ1v) is 10.5. The molecular weight excluding hydrogens is 354 g/mol. The minimum Gasteiger partial charge on any atom is -0.357 e. The van der Waals surface area contributed by atoms with E-state index in [1.807, 2.05) is 33.9 Å². The zero-order chi connectivity index (χ0) is 20.2. The van der Waals surface area contributed by atoms with Gasteiger partial charge in [-0.3, -0.25) is 4.79 Å². The van der Waals surface area contributed by atoms with Crippen LogP contribution in [0.25, 0.3) is 5.57 Å². The summed E-state index contributed by atoms with van der Waals surface area (Å²) in [5.74, 6) is 0.898. The van der Waals surface area contributed by atoms with E-state index in [-0.39, 0.29) is 0 Å². The van der Waals surface area contributed by atoms with E-state index >= 15 is 0 Å². The van der Waals surface area contributed by atoms with Crippen molar-refractivity contribution in [1.82, 2.24) is 9.88 Å². The summed E-state index contributed by atoms with van der Waals surface area (Å²) in [5, 5.41) is 3.16. The third-order valence-corrected chi connectivity index (χ3v) is 5.16. The number of rotatable bonds is 10. The van der Waals surface area contributed by atoms with Gasteiger partial charge in [0.2, 0.25) is 0 Å². The van der Waals surface area contributed by atoms with Gasteiger partial charge in [-0.25, -0.2) is 9.98 Å². The number of unbranched alkanes of at least 4 members (excludes halogenated alkanes) is 1. The standard InChI is InChI=1S/C22H33N3OS/c1-7-10-13-21(17(4)15-26)23-18(5)25(6)14-20-16-27-22(24-20)19(11-8-2)12-9-3/h8,11-12,15-16H,7,9-10,13-14H2,1-6H3/b11-8-,19-12+,21-17-,23-18?. The molecule has 1 heterocycles. The number of thiazole rings is 1. The summed E-state index contributed by atoms with van der Waals surface area (Å²) < 4.78 is 0. The summed E-state index contributed by atoms with van der Waals surface area (Å²) in [6.45, 7) is 10.8. The first kappa shape index (κ1) is 23.0. The predicted octanol–water partition coefficient (Wildman–Crippen LogP) is 6.03. The summed E-state index contributed by atoms with van der Waals surface area (Å²) in [5.41, 5.74) is 3.81. The minimum atomic E-state index is 0.697. The van der Waals surface area contributed by atoms with Gasteiger partial charge in [0, 0.05) is 29.3 Å². The van der Waals surface area contributed by atoms with Crippen molar-refractivity contribution in [3.63, 3.8) is 0 Å². The maximum absolute atomic E-state index is 11.2. The van der Waals surface area contributed by atoms with Crippen molar-refractivity contribution < 1.29 is 4.79 Å². The number of carbonyl (C=O) groups excluding carboxylic acids is 1. The van der Waals surface area contributed by atoms with Crippen LogP contribution in [0.2, 0.25) is 0 Å². The Bertz CT molecular complexity index is 726. The Morgan fingerprint density at radius 3 is 2.67 bits per heavy atom. The fourth-order valence-corrected chi connectivity index (χ4v) is 3.36. The summed E-state index contributed by atoms with van der Waals surface area (Å²) in [6.07, 6.45) is 11.2. The molecule has 0 bridgehead atoms.